The summed E-state index contributed by atoms with van der Waals surface area (Å²) < 4.78 is 32.5. The molecule has 8 heteroatoms. The second kappa shape index (κ2) is 8.81. The van der Waals surface area contributed by atoms with Gasteiger partial charge in [-0.15, -0.1) is 0 Å². The van der Waals surface area contributed by atoms with Crippen LogP contribution in [0.1, 0.15) is 36.9 Å². The number of hydrogen-bond acceptors (Lipinski definition) is 5. The summed E-state index contributed by atoms with van der Waals surface area (Å²) in [6.45, 7) is 6.40. The quantitative estimate of drug-likeness (QED) is 0.601. The van der Waals surface area contributed by atoms with Crippen molar-refractivity contribution in [3.05, 3.63) is 71.6 Å². The van der Waals surface area contributed by atoms with Crippen LogP contribution in [-0.2, 0) is 14.8 Å². The van der Waals surface area contributed by atoms with Crippen LogP contribution in [0.2, 0.25) is 0 Å². The van der Waals surface area contributed by atoms with Gasteiger partial charge in [0.2, 0.25) is 15.9 Å². The van der Waals surface area contributed by atoms with Crippen LogP contribution in [0, 0.1) is 13.8 Å². The van der Waals surface area contributed by atoms with Crippen LogP contribution < -0.4 is 10.0 Å². The average Bonchev–Trinajstić information content (AvgIpc) is 3.07. The Labute approximate surface area is 176 Å². The molecule has 1 aromatic heterocycles. The van der Waals surface area contributed by atoms with Gasteiger partial charge in [-0.25, -0.2) is 8.42 Å². The Kier molecular flexibility index (Phi) is 6.38. The van der Waals surface area contributed by atoms with Gasteiger partial charge in [0.1, 0.15) is 10.6 Å². The van der Waals surface area contributed by atoms with Crippen LogP contribution in [0.5, 0.6) is 0 Å². The summed E-state index contributed by atoms with van der Waals surface area (Å²) in [5.74, 6) is -0.246. The molecule has 0 unspecified atom stereocenters. The summed E-state index contributed by atoms with van der Waals surface area (Å²) in [5, 5.41) is 6.50. The van der Waals surface area contributed by atoms with E-state index >= 15 is 0 Å². The third-order valence-corrected chi connectivity index (χ3v) is 6.62. The molecule has 2 aromatic carbocycles. The van der Waals surface area contributed by atoms with Crippen molar-refractivity contribution in [1.29, 1.82) is 0 Å². The smallest absolute Gasteiger partial charge is 0.246 e. The van der Waals surface area contributed by atoms with Gasteiger partial charge in [-0.1, -0.05) is 59.8 Å². The predicted molar refractivity (Wildman–Crippen MR) is 114 cm³/mol. The van der Waals surface area contributed by atoms with E-state index < -0.39 is 22.0 Å². The van der Waals surface area contributed by atoms with Crippen LogP contribution in [0.4, 0.5) is 0 Å². The van der Waals surface area contributed by atoms with Crippen LogP contribution in [-0.4, -0.2) is 25.5 Å². The molecule has 0 aliphatic rings. The Balaban J connectivity index is 1.65. The lowest BCUT2D eigenvalue weighted by molar-refractivity contribution is -0.123. The number of nitrogens with zero attached hydrogens (tertiary/aromatic N) is 1. The van der Waals surface area contributed by atoms with E-state index in [2.05, 4.69) is 15.2 Å². The van der Waals surface area contributed by atoms with Crippen molar-refractivity contribution in [2.24, 2.45) is 0 Å². The van der Waals surface area contributed by atoms with E-state index in [-0.39, 0.29) is 22.4 Å². The van der Waals surface area contributed by atoms with E-state index in [0.29, 0.717) is 0 Å². The van der Waals surface area contributed by atoms with Crippen molar-refractivity contribution in [1.82, 2.24) is 15.2 Å². The van der Waals surface area contributed by atoms with E-state index in [0.717, 1.165) is 16.7 Å². The lowest BCUT2D eigenvalue weighted by Gasteiger charge is -2.19. The highest BCUT2D eigenvalue weighted by molar-refractivity contribution is 7.89. The Hall–Kier alpha value is -2.97. The molecule has 2 atom stereocenters. The molecule has 0 aliphatic heterocycles. The highest BCUT2D eigenvalue weighted by Gasteiger charge is 2.28. The van der Waals surface area contributed by atoms with Gasteiger partial charge in [0, 0.05) is 0 Å². The third-order valence-electron chi connectivity index (χ3n) is 4.84. The summed E-state index contributed by atoms with van der Waals surface area (Å²) in [5.41, 5.74) is 3.37. The van der Waals surface area contributed by atoms with E-state index in [1.165, 1.54) is 20.8 Å². The van der Waals surface area contributed by atoms with Crippen molar-refractivity contribution in [3.8, 4) is 11.1 Å². The molecule has 0 saturated carbocycles. The van der Waals surface area contributed by atoms with Crippen LogP contribution >= 0.6 is 0 Å². The number of nitrogens with one attached hydrogen (secondary N) is 2. The Morgan fingerprint density at radius 2 is 1.57 bits per heavy atom. The number of carbonyl (C=O) groups is 1. The largest absolute Gasteiger partial charge is 0.360 e. The molecule has 1 amide bonds. The van der Waals surface area contributed by atoms with Crippen molar-refractivity contribution in [2.45, 2.75) is 44.7 Å². The summed E-state index contributed by atoms with van der Waals surface area (Å²) in [6, 6.07) is 16.7. The third kappa shape index (κ3) is 4.77. The number of aryl methyl sites for hydroxylation is 2. The van der Waals surface area contributed by atoms with Crippen LogP contribution in [0.15, 0.2) is 64.0 Å². The maximum absolute atomic E-state index is 12.6. The molecular weight excluding hydrogens is 402 g/mol. The van der Waals surface area contributed by atoms with E-state index in [1.54, 1.807) is 0 Å². The number of hydrogen-bond donors (Lipinski definition) is 2. The van der Waals surface area contributed by atoms with Crippen molar-refractivity contribution in [2.75, 3.05) is 0 Å². The molecule has 30 heavy (non-hydrogen) atoms. The summed E-state index contributed by atoms with van der Waals surface area (Å²) in [7, 11) is -3.93. The van der Waals surface area contributed by atoms with Gasteiger partial charge < -0.3 is 9.84 Å². The molecule has 0 aliphatic carbocycles. The summed E-state index contributed by atoms with van der Waals surface area (Å²) in [6.07, 6.45) is 0. The van der Waals surface area contributed by atoms with Crippen LogP contribution in [0.3, 0.4) is 0 Å². The minimum Gasteiger partial charge on any atom is -0.360 e. The van der Waals surface area contributed by atoms with E-state index in [1.807, 2.05) is 61.5 Å². The van der Waals surface area contributed by atoms with Crippen molar-refractivity contribution in [3.63, 3.8) is 0 Å². The molecule has 2 N–H and O–H groups in total. The normalized spacial score (nSPS) is 13.6. The van der Waals surface area contributed by atoms with Gasteiger partial charge in [-0.3, -0.25) is 4.79 Å². The Bertz CT molecular complexity index is 1100. The zero-order valence-corrected chi connectivity index (χ0v) is 18.2. The zero-order chi connectivity index (χ0) is 21.9. The topological polar surface area (TPSA) is 101 Å². The highest BCUT2D eigenvalue weighted by atomic mass is 32.2. The van der Waals surface area contributed by atoms with Crippen molar-refractivity contribution >= 4 is 15.9 Å². The average molecular weight is 428 g/mol. The Morgan fingerprint density at radius 1 is 0.967 bits per heavy atom. The first-order chi connectivity index (χ1) is 14.2. The van der Waals surface area contributed by atoms with E-state index in [4.69, 9.17) is 4.52 Å². The van der Waals surface area contributed by atoms with Gasteiger partial charge >= 0.3 is 0 Å². The minimum atomic E-state index is -3.93. The number of sulfonamides is 1. The number of aromatic nitrogens is 1. The van der Waals surface area contributed by atoms with E-state index in [9.17, 15) is 13.2 Å². The predicted octanol–water partition coefficient (Wildman–Crippen LogP) is 3.50. The molecule has 0 spiro atoms. The molecule has 0 fully saturated rings. The number of amides is 1. The van der Waals surface area contributed by atoms with Crippen LogP contribution in [0.25, 0.3) is 11.1 Å². The molecule has 0 bridgehead atoms. The number of carbonyl (C=O) groups excluding carboxylic acids is 1. The first kappa shape index (κ1) is 21.7. The van der Waals surface area contributed by atoms with Gasteiger partial charge in [0.15, 0.2) is 5.76 Å². The standard InChI is InChI=1S/C22H25N3O4S/c1-14(18-10-12-20(13-11-18)19-8-6-5-7-9-19)23-22(26)16(3)25-30(27,28)21-15(2)24-29-17(21)4/h5-14,16,25H,1-4H3,(H,23,26)/t14-,16-/m0/s1. The molecule has 7 nitrogen and oxygen atoms in total. The van der Waals surface area contributed by atoms with Gasteiger partial charge in [-0.05, 0) is 44.4 Å². The first-order valence-electron chi connectivity index (χ1n) is 9.60. The first-order valence-corrected chi connectivity index (χ1v) is 11.1. The summed E-state index contributed by atoms with van der Waals surface area (Å²) in [4.78, 5) is 12.5. The molecule has 0 saturated heterocycles. The Morgan fingerprint density at radius 3 is 2.13 bits per heavy atom. The SMILES string of the molecule is Cc1noc(C)c1S(=O)(=O)N[C@@H](C)C(=O)N[C@@H](C)c1ccc(-c2ccccc2)cc1. The molecule has 158 valence electrons. The van der Waals surface area contributed by atoms with Gasteiger partial charge in [-0.2, -0.15) is 4.72 Å². The lowest BCUT2D eigenvalue weighted by Crippen LogP contribution is -2.45. The van der Waals surface area contributed by atoms with Gasteiger partial charge in [0.05, 0.1) is 12.1 Å². The molecule has 1 heterocycles. The number of benzene rings is 2. The molecule has 3 aromatic rings. The monoisotopic (exact) mass is 427 g/mol. The zero-order valence-electron chi connectivity index (χ0n) is 17.3. The maximum atomic E-state index is 12.6. The highest BCUT2D eigenvalue weighted by Crippen LogP contribution is 2.22. The second-order valence-electron chi connectivity index (χ2n) is 7.21. The number of rotatable bonds is 7. The fraction of sp³-hybridized carbons (Fsp3) is 0.273. The fourth-order valence-electron chi connectivity index (χ4n) is 3.22. The minimum absolute atomic E-state index is 0.0355. The molecular formula is C22H25N3O4S. The van der Waals surface area contributed by atoms with Gasteiger partial charge in [0.25, 0.3) is 0 Å². The molecule has 3 rings (SSSR count). The van der Waals surface area contributed by atoms with Crippen molar-refractivity contribution < 1.29 is 17.7 Å². The molecule has 0 radical (unpaired) electrons. The maximum Gasteiger partial charge on any atom is 0.246 e. The second-order valence-corrected chi connectivity index (χ2v) is 8.87. The lowest BCUT2D eigenvalue weighted by atomic mass is 10.0. The fourth-order valence-corrected chi connectivity index (χ4v) is 4.75. The summed E-state index contributed by atoms with van der Waals surface area (Å²) >= 11 is 0.